The number of nitrogens with two attached hydrogens (primary N) is 1. The van der Waals surface area contributed by atoms with E-state index >= 15 is 0 Å². The molecule has 0 aromatic carbocycles. The Hall–Kier alpha value is -0.490. The summed E-state index contributed by atoms with van der Waals surface area (Å²) in [6.45, 7) is 3.10. The van der Waals surface area contributed by atoms with Gasteiger partial charge in [0.15, 0.2) is 0 Å². The average Bonchev–Trinajstić information content (AvgIpc) is 1.99. The lowest BCUT2D eigenvalue weighted by Crippen LogP contribution is -2.60. The summed E-state index contributed by atoms with van der Waals surface area (Å²) < 4.78 is 41.5. The molecule has 15 heavy (non-hydrogen) atoms. The number of carbonyl (C=O) groups excluding carboxylic acids is 1. The molecule has 0 spiro atoms. The zero-order valence-corrected chi connectivity index (χ0v) is 9.54. The van der Waals surface area contributed by atoms with Crippen molar-refractivity contribution >= 4 is 18.4 Å². The maximum absolute atomic E-state index is 12.5. The Morgan fingerprint density at radius 1 is 1.40 bits per heavy atom. The summed E-state index contributed by atoms with van der Waals surface area (Å²) in [7, 11) is 0.885. The summed E-state index contributed by atoms with van der Waals surface area (Å²) in [6, 6.07) is 0. The van der Waals surface area contributed by atoms with E-state index in [1.54, 1.807) is 13.8 Å². The molecule has 7 heteroatoms. The van der Waals surface area contributed by atoms with Crippen LogP contribution in [-0.2, 0) is 9.53 Å². The first-order valence-electron chi connectivity index (χ1n) is 4.09. The van der Waals surface area contributed by atoms with Gasteiger partial charge < -0.3 is 10.5 Å². The Morgan fingerprint density at radius 2 is 1.80 bits per heavy atom. The third-order valence-corrected chi connectivity index (χ3v) is 1.79. The van der Waals surface area contributed by atoms with Crippen molar-refractivity contribution in [1.82, 2.24) is 0 Å². The number of hydrogen-bond donors (Lipinski definition) is 1. The first-order chi connectivity index (χ1) is 6.15. The number of methoxy groups -OCH3 is 1. The summed E-state index contributed by atoms with van der Waals surface area (Å²) in [6.07, 6.45) is -5.27. The van der Waals surface area contributed by atoms with Crippen LogP contribution in [0.1, 0.15) is 20.3 Å². The largest absolute Gasteiger partial charge is 0.467 e. The molecule has 0 aliphatic rings. The van der Waals surface area contributed by atoms with Crippen molar-refractivity contribution in [2.45, 2.75) is 32.0 Å². The number of halogens is 4. The Kier molecular flexibility index (Phi) is 6.27. The van der Waals surface area contributed by atoms with Crippen LogP contribution in [0.2, 0.25) is 0 Å². The van der Waals surface area contributed by atoms with E-state index in [1.165, 1.54) is 0 Å². The fourth-order valence-corrected chi connectivity index (χ4v) is 1.14. The zero-order valence-electron chi connectivity index (χ0n) is 8.72. The van der Waals surface area contributed by atoms with Crippen LogP contribution >= 0.6 is 12.4 Å². The molecule has 0 saturated heterocycles. The Bertz CT molecular complexity index is 220. The lowest BCUT2D eigenvalue weighted by atomic mass is 9.89. The molecule has 1 atom stereocenters. The van der Waals surface area contributed by atoms with Crippen LogP contribution in [0, 0.1) is 5.92 Å². The highest BCUT2D eigenvalue weighted by atomic mass is 35.5. The van der Waals surface area contributed by atoms with Crippen molar-refractivity contribution in [1.29, 1.82) is 0 Å². The van der Waals surface area contributed by atoms with Gasteiger partial charge in [0, 0.05) is 0 Å². The van der Waals surface area contributed by atoms with Crippen molar-refractivity contribution in [2.24, 2.45) is 11.7 Å². The molecule has 92 valence electrons. The molecule has 0 aliphatic carbocycles. The summed E-state index contributed by atoms with van der Waals surface area (Å²) in [4.78, 5) is 10.9. The van der Waals surface area contributed by atoms with E-state index in [9.17, 15) is 18.0 Å². The molecule has 0 amide bonds. The molecule has 0 radical (unpaired) electrons. The van der Waals surface area contributed by atoms with Gasteiger partial charge in [0.05, 0.1) is 7.11 Å². The molecule has 3 nitrogen and oxygen atoms in total. The summed E-state index contributed by atoms with van der Waals surface area (Å²) >= 11 is 0. The molecular weight excluding hydrogens is 235 g/mol. The zero-order chi connectivity index (χ0) is 11.6. The quantitative estimate of drug-likeness (QED) is 0.777. The number of carbonyl (C=O) groups is 1. The SMILES string of the molecule is COC(=O)C(N)(CC(C)C)C(F)(F)F.Cl. The first-order valence-corrected chi connectivity index (χ1v) is 4.09. The van der Waals surface area contributed by atoms with E-state index in [-0.39, 0.29) is 18.3 Å². The van der Waals surface area contributed by atoms with Crippen molar-refractivity contribution in [2.75, 3.05) is 7.11 Å². The molecule has 0 aromatic rings. The fraction of sp³-hybridized carbons (Fsp3) is 0.875. The average molecular weight is 250 g/mol. The van der Waals surface area contributed by atoms with Crippen LogP contribution in [-0.4, -0.2) is 24.8 Å². The Morgan fingerprint density at radius 3 is 2.00 bits per heavy atom. The second-order valence-corrected chi connectivity index (χ2v) is 3.56. The summed E-state index contributed by atoms with van der Waals surface area (Å²) in [5.41, 5.74) is 2.14. The molecule has 0 aromatic heterocycles. The summed E-state index contributed by atoms with van der Waals surface area (Å²) in [5.74, 6) is -1.79. The Balaban J connectivity index is 0. The number of esters is 1. The Labute approximate surface area is 92.6 Å². The normalized spacial score (nSPS) is 15.5. The topological polar surface area (TPSA) is 52.3 Å². The molecule has 0 aliphatic heterocycles. The lowest BCUT2D eigenvalue weighted by Gasteiger charge is -2.30. The van der Waals surface area contributed by atoms with Gasteiger partial charge in [-0.05, 0) is 12.3 Å². The highest BCUT2D eigenvalue weighted by Crippen LogP contribution is 2.34. The van der Waals surface area contributed by atoms with E-state index in [0.29, 0.717) is 0 Å². The molecule has 2 N–H and O–H groups in total. The standard InChI is InChI=1S/C8H14F3NO2.ClH/c1-5(2)4-7(12,6(13)14-3)8(9,10)11;/h5H,4,12H2,1-3H3;1H. The second-order valence-electron chi connectivity index (χ2n) is 3.56. The molecular formula is C8H15ClF3NO2. The smallest absolute Gasteiger partial charge is 0.417 e. The maximum Gasteiger partial charge on any atom is 0.417 e. The van der Waals surface area contributed by atoms with Crippen LogP contribution in [0.3, 0.4) is 0 Å². The van der Waals surface area contributed by atoms with Gasteiger partial charge in [-0.1, -0.05) is 13.8 Å². The minimum atomic E-state index is -4.79. The molecule has 0 heterocycles. The van der Waals surface area contributed by atoms with Gasteiger partial charge in [0.25, 0.3) is 0 Å². The number of alkyl halides is 3. The van der Waals surface area contributed by atoms with Gasteiger partial charge in [-0.2, -0.15) is 13.2 Å². The monoisotopic (exact) mass is 249 g/mol. The lowest BCUT2D eigenvalue weighted by molar-refractivity contribution is -0.207. The van der Waals surface area contributed by atoms with Gasteiger partial charge in [-0.25, -0.2) is 4.79 Å². The maximum atomic E-state index is 12.5. The molecule has 0 fully saturated rings. The highest BCUT2D eigenvalue weighted by molar-refractivity contribution is 5.85. The van der Waals surface area contributed by atoms with Crippen LogP contribution in [0.5, 0.6) is 0 Å². The van der Waals surface area contributed by atoms with Gasteiger partial charge >= 0.3 is 12.1 Å². The van der Waals surface area contributed by atoms with E-state index in [4.69, 9.17) is 5.73 Å². The summed E-state index contributed by atoms with van der Waals surface area (Å²) in [5, 5.41) is 0. The number of hydrogen-bond acceptors (Lipinski definition) is 3. The third-order valence-electron chi connectivity index (χ3n) is 1.79. The predicted octanol–water partition coefficient (Wildman–Crippen LogP) is 1.89. The van der Waals surface area contributed by atoms with Crippen molar-refractivity contribution < 1.29 is 22.7 Å². The predicted molar refractivity (Wildman–Crippen MR) is 51.7 cm³/mol. The highest BCUT2D eigenvalue weighted by Gasteiger charge is 2.58. The van der Waals surface area contributed by atoms with Crippen LogP contribution in [0.15, 0.2) is 0 Å². The molecule has 1 unspecified atom stereocenters. The van der Waals surface area contributed by atoms with Crippen molar-refractivity contribution in [3.63, 3.8) is 0 Å². The number of rotatable bonds is 3. The molecule has 0 saturated carbocycles. The third kappa shape index (κ3) is 3.87. The first kappa shape index (κ1) is 16.9. The van der Waals surface area contributed by atoms with E-state index in [2.05, 4.69) is 4.74 Å². The molecule has 0 rings (SSSR count). The minimum absolute atomic E-state index is 0. The minimum Gasteiger partial charge on any atom is -0.467 e. The van der Waals surface area contributed by atoms with Crippen LogP contribution in [0.25, 0.3) is 0 Å². The molecule has 0 bridgehead atoms. The number of ether oxygens (including phenoxy) is 1. The van der Waals surface area contributed by atoms with E-state index < -0.39 is 24.1 Å². The van der Waals surface area contributed by atoms with E-state index in [0.717, 1.165) is 7.11 Å². The fourth-order valence-electron chi connectivity index (χ4n) is 1.14. The van der Waals surface area contributed by atoms with Crippen LogP contribution in [0.4, 0.5) is 13.2 Å². The van der Waals surface area contributed by atoms with Gasteiger partial charge in [-0.15, -0.1) is 12.4 Å². The van der Waals surface area contributed by atoms with Gasteiger partial charge in [-0.3, -0.25) is 0 Å². The van der Waals surface area contributed by atoms with Crippen molar-refractivity contribution in [3.05, 3.63) is 0 Å². The second kappa shape index (κ2) is 5.55. The van der Waals surface area contributed by atoms with Crippen LogP contribution < -0.4 is 5.73 Å². The van der Waals surface area contributed by atoms with Gasteiger partial charge in [0.2, 0.25) is 5.54 Å². The van der Waals surface area contributed by atoms with Crippen molar-refractivity contribution in [3.8, 4) is 0 Å². The van der Waals surface area contributed by atoms with Gasteiger partial charge in [0.1, 0.15) is 0 Å². The van der Waals surface area contributed by atoms with E-state index in [1.807, 2.05) is 0 Å².